The summed E-state index contributed by atoms with van der Waals surface area (Å²) in [5.41, 5.74) is 7.05. The van der Waals surface area contributed by atoms with Crippen molar-refractivity contribution < 1.29 is 0 Å². The molecule has 0 aliphatic carbocycles. The fourth-order valence-electron chi connectivity index (χ4n) is 1.69. The standard InChI is InChI=1S/C12H19ClN2/c1-15(2)9-11(8-14)7-10-3-5-12(13)6-4-10/h3-6,11H,7-9,14H2,1-2H3. The summed E-state index contributed by atoms with van der Waals surface area (Å²) >= 11 is 5.83. The summed E-state index contributed by atoms with van der Waals surface area (Å²) in [5.74, 6) is 0.515. The zero-order chi connectivity index (χ0) is 11.3. The average Bonchev–Trinajstić information content (AvgIpc) is 2.19. The fraction of sp³-hybridized carbons (Fsp3) is 0.500. The number of hydrogen-bond donors (Lipinski definition) is 1. The maximum atomic E-state index is 5.83. The summed E-state index contributed by atoms with van der Waals surface area (Å²) in [6.45, 7) is 1.75. The highest BCUT2D eigenvalue weighted by atomic mass is 35.5. The first-order chi connectivity index (χ1) is 7.11. The van der Waals surface area contributed by atoms with Crippen molar-refractivity contribution in [3.8, 4) is 0 Å². The molecule has 0 aliphatic heterocycles. The van der Waals surface area contributed by atoms with Crippen molar-refractivity contribution in [3.63, 3.8) is 0 Å². The van der Waals surface area contributed by atoms with Crippen molar-refractivity contribution in [2.75, 3.05) is 27.2 Å². The molecule has 0 radical (unpaired) electrons. The zero-order valence-corrected chi connectivity index (χ0v) is 10.2. The van der Waals surface area contributed by atoms with Crippen LogP contribution in [0.25, 0.3) is 0 Å². The van der Waals surface area contributed by atoms with Gasteiger partial charge in [-0.2, -0.15) is 0 Å². The highest BCUT2D eigenvalue weighted by Gasteiger charge is 2.08. The molecule has 0 saturated heterocycles. The molecular formula is C12H19ClN2. The van der Waals surface area contributed by atoms with E-state index in [1.54, 1.807) is 0 Å². The van der Waals surface area contributed by atoms with E-state index in [1.807, 2.05) is 12.1 Å². The van der Waals surface area contributed by atoms with Gasteiger partial charge in [-0.3, -0.25) is 0 Å². The van der Waals surface area contributed by atoms with Gasteiger partial charge in [0.05, 0.1) is 0 Å². The third-order valence-corrected chi connectivity index (χ3v) is 2.65. The highest BCUT2D eigenvalue weighted by Crippen LogP contribution is 2.13. The van der Waals surface area contributed by atoms with Crippen molar-refractivity contribution in [1.82, 2.24) is 4.90 Å². The highest BCUT2D eigenvalue weighted by molar-refractivity contribution is 6.30. The first-order valence-electron chi connectivity index (χ1n) is 5.21. The van der Waals surface area contributed by atoms with Crippen LogP contribution in [0.15, 0.2) is 24.3 Å². The Bertz CT molecular complexity index is 282. The minimum atomic E-state index is 0.515. The number of hydrogen-bond acceptors (Lipinski definition) is 2. The van der Waals surface area contributed by atoms with Crippen LogP contribution in [0.1, 0.15) is 5.56 Å². The number of rotatable bonds is 5. The number of nitrogens with two attached hydrogens (primary N) is 1. The predicted molar refractivity (Wildman–Crippen MR) is 66.3 cm³/mol. The van der Waals surface area contributed by atoms with Crippen LogP contribution in [0.4, 0.5) is 0 Å². The van der Waals surface area contributed by atoms with Crippen molar-refractivity contribution in [2.45, 2.75) is 6.42 Å². The maximum Gasteiger partial charge on any atom is 0.0406 e. The van der Waals surface area contributed by atoms with Gasteiger partial charge in [0, 0.05) is 11.6 Å². The zero-order valence-electron chi connectivity index (χ0n) is 9.41. The molecule has 1 unspecified atom stereocenters. The largest absolute Gasteiger partial charge is 0.330 e. The second kappa shape index (κ2) is 6.11. The first-order valence-corrected chi connectivity index (χ1v) is 5.59. The number of halogens is 1. The van der Waals surface area contributed by atoms with E-state index in [2.05, 4.69) is 31.1 Å². The summed E-state index contributed by atoms with van der Waals surface area (Å²) < 4.78 is 0. The first kappa shape index (κ1) is 12.5. The molecule has 0 heterocycles. The molecule has 0 fully saturated rings. The van der Waals surface area contributed by atoms with E-state index in [0.717, 1.165) is 24.5 Å². The summed E-state index contributed by atoms with van der Waals surface area (Å²) in [6.07, 6.45) is 1.02. The number of benzene rings is 1. The molecule has 84 valence electrons. The predicted octanol–water partition coefficient (Wildman–Crippen LogP) is 2.02. The summed E-state index contributed by atoms with van der Waals surface area (Å²) in [6, 6.07) is 8.00. The molecule has 3 heteroatoms. The lowest BCUT2D eigenvalue weighted by Gasteiger charge is -2.19. The molecule has 15 heavy (non-hydrogen) atoms. The third-order valence-electron chi connectivity index (χ3n) is 2.39. The molecule has 0 spiro atoms. The van der Waals surface area contributed by atoms with Crippen LogP contribution in [-0.2, 0) is 6.42 Å². The molecule has 1 atom stereocenters. The van der Waals surface area contributed by atoms with Gasteiger partial charge in [-0.1, -0.05) is 23.7 Å². The van der Waals surface area contributed by atoms with Gasteiger partial charge < -0.3 is 10.6 Å². The van der Waals surface area contributed by atoms with Gasteiger partial charge in [-0.15, -0.1) is 0 Å². The smallest absolute Gasteiger partial charge is 0.0406 e. The second-order valence-corrected chi connectivity index (χ2v) is 4.63. The van der Waals surface area contributed by atoms with E-state index in [9.17, 15) is 0 Å². The molecule has 1 rings (SSSR count). The Kier molecular flexibility index (Phi) is 5.09. The Balaban J connectivity index is 2.54. The van der Waals surface area contributed by atoms with Gasteiger partial charge >= 0.3 is 0 Å². The molecule has 2 nitrogen and oxygen atoms in total. The SMILES string of the molecule is CN(C)CC(CN)Cc1ccc(Cl)cc1. The molecule has 1 aromatic rings. The van der Waals surface area contributed by atoms with E-state index >= 15 is 0 Å². The van der Waals surface area contributed by atoms with E-state index < -0.39 is 0 Å². The van der Waals surface area contributed by atoms with Gasteiger partial charge in [-0.25, -0.2) is 0 Å². The lowest BCUT2D eigenvalue weighted by molar-refractivity contribution is 0.327. The van der Waals surface area contributed by atoms with Gasteiger partial charge in [0.25, 0.3) is 0 Å². The third kappa shape index (κ3) is 4.65. The Morgan fingerprint density at radius 1 is 1.27 bits per heavy atom. The molecule has 0 amide bonds. The monoisotopic (exact) mass is 226 g/mol. The van der Waals surface area contributed by atoms with Gasteiger partial charge in [-0.05, 0) is 50.7 Å². The van der Waals surface area contributed by atoms with Crippen LogP contribution in [0.3, 0.4) is 0 Å². The van der Waals surface area contributed by atoms with Gasteiger partial charge in [0.15, 0.2) is 0 Å². The van der Waals surface area contributed by atoms with Crippen LogP contribution in [0.2, 0.25) is 5.02 Å². The Hall–Kier alpha value is -0.570. The molecule has 0 saturated carbocycles. The quantitative estimate of drug-likeness (QED) is 0.833. The van der Waals surface area contributed by atoms with E-state index in [-0.39, 0.29) is 0 Å². The molecule has 0 bridgehead atoms. The molecule has 1 aromatic carbocycles. The summed E-state index contributed by atoms with van der Waals surface area (Å²) in [4.78, 5) is 2.17. The molecular weight excluding hydrogens is 208 g/mol. The lowest BCUT2D eigenvalue weighted by atomic mass is 9.99. The molecule has 0 aromatic heterocycles. The van der Waals surface area contributed by atoms with Gasteiger partial charge in [0.2, 0.25) is 0 Å². The van der Waals surface area contributed by atoms with E-state index in [0.29, 0.717) is 5.92 Å². The summed E-state index contributed by atoms with van der Waals surface area (Å²) in [7, 11) is 4.15. The Morgan fingerprint density at radius 3 is 2.33 bits per heavy atom. The van der Waals surface area contributed by atoms with Crippen LogP contribution in [0, 0.1) is 5.92 Å². The van der Waals surface area contributed by atoms with Crippen molar-refractivity contribution >= 4 is 11.6 Å². The lowest BCUT2D eigenvalue weighted by Crippen LogP contribution is -2.29. The van der Waals surface area contributed by atoms with Crippen LogP contribution < -0.4 is 5.73 Å². The Labute approximate surface area is 97.0 Å². The average molecular weight is 227 g/mol. The summed E-state index contributed by atoms with van der Waals surface area (Å²) in [5, 5.41) is 0.788. The number of nitrogens with zero attached hydrogens (tertiary/aromatic N) is 1. The van der Waals surface area contributed by atoms with Crippen molar-refractivity contribution in [3.05, 3.63) is 34.9 Å². The van der Waals surface area contributed by atoms with Crippen LogP contribution in [-0.4, -0.2) is 32.1 Å². The van der Waals surface area contributed by atoms with Crippen molar-refractivity contribution in [2.24, 2.45) is 11.7 Å². The maximum absolute atomic E-state index is 5.83. The van der Waals surface area contributed by atoms with Crippen LogP contribution in [0.5, 0.6) is 0 Å². The minimum absolute atomic E-state index is 0.515. The minimum Gasteiger partial charge on any atom is -0.330 e. The van der Waals surface area contributed by atoms with Crippen LogP contribution >= 0.6 is 11.6 Å². The second-order valence-electron chi connectivity index (χ2n) is 4.19. The fourth-order valence-corrected chi connectivity index (χ4v) is 1.82. The normalized spacial score (nSPS) is 13.1. The van der Waals surface area contributed by atoms with E-state index in [4.69, 9.17) is 17.3 Å². The Morgan fingerprint density at radius 2 is 1.87 bits per heavy atom. The van der Waals surface area contributed by atoms with E-state index in [1.165, 1.54) is 5.56 Å². The molecule has 0 aliphatic rings. The molecule has 2 N–H and O–H groups in total. The van der Waals surface area contributed by atoms with Crippen molar-refractivity contribution in [1.29, 1.82) is 0 Å². The topological polar surface area (TPSA) is 29.3 Å². The van der Waals surface area contributed by atoms with Gasteiger partial charge in [0.1, 0.15) is 0 Å².